The summed E-state index contributed by atoms with van der Waals surface area (Å²) in [5, 5.41) is 24.6. The molecule has 2 aliphatic heterocycles. The topological polar surface area (TPSA) is 110 Å². The SMILES string of the molecule is CC1=NC2C(C[SH+]N3CCN(/C(C=N)=C(\OCC4(C)CC4)C(O)Nc4cccc(Cl)c4)CC3)=C(N)C=CC2S1. The summed E-state index contributed by atoms with van der Waals surface area (Å²) in [6, 6.07) is 7.38. The Morgan fingerprint density at radius 3 is 2.85 bits per heavy atom. The van der Waals surface area contributed by atoms with E-state index in [4.69, 9.17) is 32.5 Å². The van der Waals surface area contributed by atoms with Gasteiger partial charge in [0.2, 0.25) is 0 Å². The second-order valence-electron chi connectivity index (χ2n) is 10.8. The minimum Gasteiger partial charge on any atom is -0.490 e. The van der Waals surface area contributed by atoms with Crippen molar-refractivity contribution < 1.29 is 9.84 Å². The highest BCUT2D eigenvalue weighted by Crippen LogP contribution is 2.45. The molecular weight excluding hydrogens is 552 g/mol. The van der Waals surface area contributed by atoms with Crippen molar-refractivity contribution in [1.29, 1.82) is 5.41 Å². The third-order valence-electron chi connectivity index (χ3n) is 7.62. The molecule has 5 rings (SSSR count). The number of fused-ring (bicyclic) bond motifs is 1. The zero-order chi connectivity index (χ0) is 27.6. The lowest BCUT2D eigenvalue weighted by Crippen LogP contribution is -2.47. The number of rotatable bonds is 11. The third kappa shape index (κ3) is 6.97. The number of hydrogen-bond acceptors (Lipinski definition) is 9. The van der Waals surface area contributed by atoms with E-state index in [2.05, 4.69) is 34.4 Å². The van der Waals surface area contributed by atoms with Crippen LogP contribution in [0.1, 0.15) is 26.7 Å². The number of benzene rings is 1. The average molecular weight is 590 g/mol. The van der Waals surface area contributed by atoms with Crippen molar-refractivity contribution in [2.24, 2.45) is 16.1 Å². The van der Waals surface area contributed by atoms with Crippen LogP contribution < -0.4 is 11.1 Å². The largest absolute Gasteiger partial charge is 0.490 e. The van der Waals surface area contributed by atoms with Crippen LogP contribution in [0.3, 0.4) is 0 Å². The van der Waals surface area contributed by atoms with E-state index in [1.54, 1.807) is 12.1 Å². The molecule has 5 N–H and O–H groups in total. The molecule has 2 heterocycles. The lowest BCUT2D eigenvalue weighted by Gasteiger charge is -2.34. The molecular formula is C28H38ClN6O2S2+. The van der Waals surface area contributed by atoms with Crippen LogP contribution in [0.15, 0.2) is 64.1 Å². The molecule has 3 unspecified atom stereocenters. The van der Waals surface area contributed by atoms with Gasteiger partial charge in [-0.25, -0.2) is 0 Å². The van der Waals surface area contributed by atoms with Gasteiger partial charge in [0.15, 0.2) is 17.7 Å². The summed E-state index contributed by atoms with van der Waals surface area (Å²) in [6.07, 6.45) is 6.63. The van der Waals surface area contributed by atoms with E-state index in [9.17, 15) is 5.11 Å². The zero-order valence-corrected chi connectivity index (χ0v) is 24.9. The van der Waals surface area contributed by atoms with Gasteiger partial charge in [-0.05, 0) is 44.0 Å². The summed E-state index contributed by atoms with van der Waals surface area (Å²) in [7, 11) is 0. The van der Waals surface area contributed by atoms with Crippen LogP contribution in [0.5, 0.6) is 0 Å². The van der Waals surface area contributed by atoms with Gasteiger partial charge in [-0.1, -0.05) is 30.7 Å². The molecule has 0 amide bonds. The molecule has 4 aliphatic rings. The minimum absolute atomic E-state index is 0.135. The molecule has 1 saturated carbocycles. The summed E-state index contributed by atoms with van der Waals surface area (Å²) in [5.41, 5.74) is 9.88. The number of anilines is 1. The summed E-state index contributed by atoms with van der Waals surface area (Å²) in [5.74, 6) is 1.26. The fourth-order valence-corrected chi connectivity index (χ4v) is 7.37. The number of nitrogens with two attached hydrogens (primary N) is 1. The molecule has 1 aromatic rings. The van der Waals surface area contributed by atoms with Gasteiger partial charge in [0.1, 0.15) is 0 Å². The normalized spacial score (nSPS) is 25.5. The number of allylic oxidation sites excluding steroid dienone is 2. The number of thioether (sulfide) groups is 1. The van der Waals surface area contributed by atoms with Crippen molar-refractivity contribution in [1.82, 2.24) is 9.21 Å². The van der Waals surface area contributed by atoms with Crippen LogP contribution in [0.4, 0.5) is 5.69 Å². The van der Waals surface area contributed by atoms with Crippen molar-refractivity contribution >= 4 is 52.3 Å². The number of aliphatic hydroxyl groups is 1. The first kappa shape index (κ1) is 28.4. The van der Waals surface area contributed by atoms with Crippen molar-refractivity contribution in [2.45, 2.75) is 44.2 Å². The Bertz CT molecular complexity index is 1210. The van der Waals surface area contributed by atoms with E-state index in [1.807, 2.05) is 30.0 Å². The Hall–Kier alpha value is -2.11. The third-order valence-corrected chi connectivity index (χ3v) is 10.3. The van der Waals surface area contributed by atoms with Gasteiger partial charge in [-0.2, -0.15) is 0 Å². The highest BCUT2D eigenvalue weighted by atomic mass is 35.5. The minimum atomic E-state index is -1.10. The average Bonchev–Trinajstić information content (AvgIpc) is 3.52. The smallest absolute Gasteiger partial charge is 0.185 e. The number of piperazine rings is 1. The first-order valence-electron chi connectivity index (χ1n) is 13.4. The lowest BCUT2D eigenvalue weighted by atomic mass is 9.98. The first-order chi connectivity index (χ1) is 18.7. The van der Waals surface area contributed by atoms with Gasteiger partial charge < -0.3 is 31.2 Å². The van der Waals surface area contributed by atoms with E-state index in [0.29, 0.717) is 34.0 Å². The molecule has 3 atom stereocenters. The van der Waals surface area contributed by atoms with Crippen LogP contribution in [-0.2, 0) is 16.7 Å². The van der Waals surface area contributed by atoms with E-state index < -0.39 is 6.23 Å². The number of thiol groups is 1. The molecule has 0 bridgehead atoms. The van der Waals surface area contributed by atoms with Crippen LogP contribution in [-0.4, -0.2) is 81.6 Å². The fraction of sp³-hybridized carbons (Fsp3) is 0.500. The van der Waals surface area contributed by atoms with Gasteiger partial charge in [0.05, 0.1) is 53.7 Å². The van der Waals surface area contributed by atoms with Gasteiger partial charge in [-0.15, -0.1) is 16.1 Å². The van der Waals surface area contributed by atoms with E-state index in [0.717, 1.165) is 55.5 Å². The Kier molecular flexibility index (Phi) is 8.88. The van der Waals surface area contributed by atoms with Crippen molar-refractivity contribution in [2.75, 3.05) is 43.9 Å². The van der Waals surface area contributed by atoms with E-state index in [1.165, 1.54) is 23.7 Å². The second-order valence-corrected chi connectivity index (χ2v) is 13.8. The maximum absolute atomic E-state index is 11.2. The van der Waals surface area contributed by atoms with Crippen LogP contribution in [0.25, 0.3) is 0 Å². The molecule has 2 fully saturated rings. The molecule has 2 aliphatic carbocycles. The standard InChI is InChI=1S/C28H37ClN6O2S2/c1-18-32-25-21(22(31)6-7-24(25)39-18)16-38-35-12-10-34(11-13-35)23(15-30)26(37-17-28(2)8-9-28)27(36)33-20-5-3-4-19(29)14-20/h3-7,14-15,24-25,27,30,33,36H,8-13,16-17,31H2,1-2H3/p+1/b26-23-,30-15?. The Balaban J connectivity index is 1.24. The number of hydrogen-bond donors (Lipinski definition) is 4. The fourth-order valence-electron chi connectivity index (χ4n) is 4.92. The molecule has 8 nitrogen and oxygen atoms in total. The highest BCUT2D eigenvalue weighted by molar-refractivity contribution is 8.14. The molecule has 210 valence electrons. The Morgan fingerprint density at radius 1 is 1.38 bits per heavy atom. The van der Waals surface area contributed by atoms with Crippen LogP contribution in [0, 0.1) is 10.8 Å². The maximum Gasteiger partial charge on any atom is 0.185 e. The predicted octanol–water partition coefficient (Wildman–Crippen LogP) is 3.78. The summed E-state index contributed by atoms with van der Waals surface area (Å²) in [4.78, 5) is 6.98. The Labute approximate surface area is 244 Å². The number of aliphatic imine (C=N–C) groups is 1. The predicted molar refractivity (Wildman–Crippen MR) is 166 cm³/mol. The number of nitrogens with one attached hydrogen (secondary N) is 2. The van der Waals surface area contributed by atoms with Crippen LogP contribution in [0.2, 0.25) is 5.02 Å². The van der Waals surface area contributed by atoms with Crippen LogP contribution >= 0.6 is 23.4 Å². The van der Waals surface area contributed by atoms with Gasteiger partial charge in [-0.3, -0.25) is 4.99 Å². The Morgan fingerprint density at radius 2 is 2.15 bits per heavy atom. The van der Waals surface area contributed by atoms with Gasteiger partial charge >= 0.3 is 0 Å². The molecule has 1 saturated heterocycles. The van der Waals surface area contributed by atoms with Crippen molar-refractivity contribution in [3.63, 3.8) is 0 Å². The highest BCUT2D eigenvalue weighted by Gasteiger charge is 2.39. The van der Waals surface area contributed by atoms with E-state index >= 15 is 0 Å². The first-order valence-corrected chi connectivity index (χ1v) is 15.7. The second kappa shape index (κ2) is 12.2. The summed E-state index contributed by atoms with van der Waals surface area (Å²) >= 11 is 9.17. The van der Waals surface area contributed by atoms with Gasteiger partial charge in [0, 0.05) is 46.7 Å². The lowest BCUT2D eigenvalue weighted by molar-refractivity contribution is 0.0844. The molecule has 0 spiro atoms. The monoisotopic (exact) mass is 589 g/mol. The number of ether oxygens (including phenoxy) is 1. The molecule has 1 aromatic carbocycles. The molecule has 11 heteroatoms. The quantitative estimate of drug-likeness (QED) is 0.102. The van der Waals surface area contributed by atoms with Crippen molar-refractivity contribution in [3.05, 3.63) is 64.2 Å². The molecule has 39 heavy (non-hydrogen) atoms. The molecule has 0 radical (unpaired) electrons. The molecule has 0 aromatic heterocycles. The summed E-state index contributed by atoms with van der Waals surface area (Å²) < 4.78 is 8.65. The number of aliphatic hydroxyl groups excluding tert-OH is 1. The number of nitrogens with zero attached hydrogens (tertiary/aromatic N) is 3. The van der Waals surface area contributed by atoms with Crippen molar-refractivity contribution in [3.8, 4) is 0 Å². The number of halogens is 1. The zero-order valence-electron chi connectivity index (χ0n) is 22.4. The van der Waals surface area contributed by atoms with Gasteiger partial charge in [0.25, 0.3) is 0 Å². The summed E-state index contributed by atoms with van der Waals surface area (Å²) in [6.45, 7) is 7.93. The van der Waals surface area contributed by atoms with E-state index in [-0.39, 0.29) is 11.5 Å². The maximum atomic E-state index is 11.2.